The number of ether oxygens (including phenoxy) is 1. The lowest BCUT2D eigenvalue weighted by Gasteiger charge is -2.17. The van der Waals surface area contributed by atoms with Crippen molar-refractivity contribution >= 4 is 32.3 Å². The summed E-state index contributed by atoms with van der Waals surface area (Å²) in [5.74, 6) is 0.705. The number of para-hydroxylation sites is 1. The zero-order valence-electron chi connectivity index (χ0n) is 14.5. The Labute approximate surface area is 157 Å². The molecule has 0 radical (unpaired) electrons. The molecule has 1 atom stereocenters. The van der Waals surface area contributed by atoms with Gasteiger partial charge in [-0.15, -0.1) is 11.3 Å². The van der Waals surface area contributed by atoms with E-state index in [9.17, 15) is 8.42 Å². The van der Waals surface area contributed by atoms with E-state index in [0.717, 1.165) is 22.2 Å². The number of aromatic nitrogens is 1. The maximum Gasteiger partial charge on any atom is 0.252 e. The zero-order chi connectivity index (χ0) is 18.1. The minimum atomic E-state index is -3.44. The van der Waals surface area contributed by atoms with Crippen LogP contribution in [0.25, 0.3) is 10.9 Å². The van der Waals surface area contributed by atoms with Crippen molar-refractivity contribution in [2.24, 2.45) is 0 Å². The lowest BCUT2D eigenvalue weighted by atomic mass is 10.2. The van der Waals surface area contributed by atoms with Gasteiger partial charge in [-0.1, -0.05) is 25.1 Å². The SMILES string of the molecule is CCc1ccc(S(=O)(=O)N2CCC(Oc3cccc4cccnc34)C2)s1. The molecular weight excluding hydrogens is 368 g/mol. The van der Waals surface area contributed by atoms with Crippen LogP contribution >= 0.6 is 11.3 Å². The first-order valence-electron chi connectivity index (χ1n) is 8.67. The van der Waals surface area contributed by atoms with Crippen molar-refractivity contribution in [3.05, 3.63) is 53.5 Å². The fourth-order valence-electron chi connectivity index (χ4n) is 3.18. The molecule has 0 saturated carbocycles. The number of nitrogens with zero attached hydrogens (tertiary/aromatic N) is 2. The molecular formula is C19H20N2O3S2. The van der Waals surface area contributed by atoms with Crippen LogP contribution < -0.4 is 4.74 Å². The van der Waals surface area contributed by atoms with Gasteiger partial charge in [-0.2, -0.15) is 4.31 Å². The second-order valence-electron chi connectivity index (χ2n) is 6.30. The smallest absolute Gasteiger partial charge is 0.252 e. The Balaban J connectivity index is 1.51. The summed E-state index contributed by atoms with van der Waals surface area (Å²) in [7, 11) is -3.44. The van der Waals surface area contributed by atoms with Crippen LogP contribution in [0.1, 0.15) is 18.2 Å². The number of aryl methyl sites for hydroxylation is 1. The molecule has 0 N–H and O–H groups in total. The summed E-state index contributed by atoms with van der Waals surface area (Å²) < 4.78 is 33.7. The number of rotatable bonds is 5. The van der Waals surface area contributed by atoms with E-state index in [1.54, 1.807) is 12.3 Å². The van der Waals surface area contributed by atoms with Crippen LogP contribution in [0, 0.1) is 0 Å². The summed E-state index contributed by atoms with van der Waals surface area (Å²) in [5.41, 5.74) is 0.808. The monoisotopic (exact) mass is 388 g/mol. The van der Waals surface area contributed by atoms with Crippen molar-refractivity contribution in [3.63, 3.8) is 0 Å². The normalized spacial score (nSPS) is 18.4. The first kappa shape index (κ1) is 17.5. The zero-order valence-corrected chi connectivity index (χ0v) is 16.1. The summed E-state index contributed by atoms with van der Waals surface area (Å²) >= 11 is 1.35. The van der Waals surface area contributed by atoms with E-state index in [1.165, 1.54) is 15.6 Å². The molecule has 0 aliphatic carbocycles. The molecule has 3 aromatic rings. The van der Waals surface area contributed by atoms with Crippen LogP contribution in [0.2, 0.25) is 0 Å². The first-order chi connectivity index (χ1) is 12.6. The topological polar surface area (TPSA) is 59.5 Å². The Morgan fingerprint density at radius 3 is 2.88 bits per heavy atom. The Hall–Kier alpha value is -1.96. The Morgan fingerprint density at radius 2 is 2.08 bits per heavy atom. The molecule has 3 heterocycles. The molecule has 1 unspecified atom stereocenters. The fourth-order valence-corrected chi connectivity index (χ4v) is 6.11. The summed E-state index contributed by atoms with van der Waals surface area (Å²) in [6, 6.07) is 13.3. The van der Waals surface area contributed by atoms with Crippen LogP contribution in [-0.2, 0) is 16.4 Å². The van der Waals surface area contributed by atoms with Crippen LogP contribution in [0.15, 0.2) is 52.9 Å². The van der Waals surface area contributed by atoms with Crippen LogP contribution in [0.3, 0.4) is 0 Å². The maximum atomic E-state index is 12.8. The molecule has 5 nitrogen and oxygen atoms in total. The molecule has 26 heavy (non-hydrogen) atoms. The van der Waals surface area contributed by atoms with Crippen molar-refractivity contribution in [2.75, 3.05) is 13.1 Å². The van der Waals surface area contributed by atoms with Gasteiger partial charge in [0.2, 0.25) is 0 Å². The van der Waals surface area contributed by atoms with Gasteiger partial charge in [-0.25, -0.2) is 8.42 Å². The highest BCUT2D eigenvalue weighted by atomic mass is 32.2. The molecule has 7 heteroatoms. The summed E-state index contributed by atoms with van der Waals surface area (Å²) in [6.45, 7) is 2.87. The third-order valence-corrected chi connectivity index (χ3v) is 8.14. The Morgan fingerprint density at radius 1 is 1.23 bits per heavy atom. The van der Waals surface area contributed by atoms with Crippen molar-refractivity contribution in [1.82, 2.24) is 9.29 Å². The molecule has 4 rings (SSSR count). The maximum absolute atomic E-state index is 12.8. The second kappa shape index (κ2) is 6.98. The van der Waals surface area contributed by atoms with Gasteiger partial charge in [0.1, 0.15) is 21.6 Å². The Kier molecular flexibility index (Phi) is 4.69. The summed E-state index contributed by atoms with van der Waals surface area (Å²) in [5, 5.41) is 1.01. The average molecular weight is 389 g/mol. The van der Waals surface area contributed by atoms with Crippen molar-refractivity contribution in [3.8, 4) is 5.75 Å². The average Bonchev–Trinajstić information content (AvgIpc) is 3.32. The molecule has 1 fully saturated rings. The lowest BCUT2D eigenvalue weighted by Crippen LogP contribution is -2.30. The first-order valence-corrected chi connectivity index (χ1v) is 10.9. The van der Waals surface area contributed by atoms with Gasteiger partial charge < -0.3 is 4.74 Å². The lowest BCUT2D eigenvalue weighted by molar-refractivity contribution is 0.218. The van der Waals surface area contributed by atoms with Crippen molar-refractivity contribution in [2.45, 2.75) is 30.1 Å². The third kappa shape index (κ3) is 3.22. The number of benzene rings is 1. The molecule has 0 bridgehead atoms. The van der Waals surface area contributed by atoms with Gasteiger partial charge >= 0.3 is 0 Å². The quantitative estimate of drug-likeness (QED) is 0.669. The molecule has 1 saturated heterocycles. The highest BCUT2D eigenvalue weighted by Crippen LogP contribution is 2.30. The van der Waals surface area contributed by atoms with E-state index in [-0.39, 0.29) is 6.10 Å². The van der Waals surface area contributed by atoms with Crippen LogP contribution in [0.5, 0.6) is 5.75 Å². The number of hydrogen-bond acceptors (Lipinski definition) is 5. The third-order valence-electron chi connectivity index (χ3n) is 4.58. The highest BCUT2D eigenvalue weighted by Gasteiger charge is 2.34. The second-order valence-corrected chi connectivity index (χ2v) is 9.63. The van der Waals surface area contributed by atoms with E-state index < -0.39 is 10.0 Å². The number of hydrogen-bond donors (Lipinski definition) is 0. The van der Waals surface area contributed by atoms with Crippen molar-refractivity contribution in [1.29, 1.82) is 0 Å². The molecule has 136 valence electrons. The minimum absolute atomic E-state index is 0.164. The number of sulfonamides is 1. The van der Waals surface area contributed by atoms with E-state index in [2.05, 4.69) is 4.98 Å². The number of fused-ring (bicyclic) bond motifs is 1. The predicted octanol–water partition coefficient (Wildman–Crippen LogP) is 3.70. The number of thiophene rings is 1. The molecule has 1 aliphatic heterocycles. The molecule has 0 spiro atoms. The van der Waals surface area contributed by atoms with E-state index in [4.69, 9.17) is 4.74 Å². The molecule has 1 aliphatic rings. The predicted molar refractivity (Wildman–Crippen MR) is 103 cm³/mol. The van der Waals surface area contributed by atoms with E-state index in [0.29, 0.717) is 29.5 Å². The molecule has 0 amide bonds. The molecule has 2 aromatic heterocycles. The van der Waals surface area contributed by atoms with Gasteiger partial charge in [-0.05, 0) is 37.1 Å². The van der Waals surface area contributed by atoms with Gasteiger partial charge in [0.15, 0.2) is 0 Å². The molecule has 1 aromatic carbocycles. The summed E-state index contributed by atoms with van der Waals surface area (Å²) in [6.07, 6.45) is 3.10. The van der Waals surface area contributed by atoms with Gasteiger partial charge in [-0.3, -0.25) is 4.98 Å². The largest absolute Gasteiger partial charge is 0.487 e. The van der Waals surface area contributed by atoms with Crippen LogP contribution in [-0.4, -0.2) is 36.9 Å². The highest BCUT2D eigenvalue weighted by molar-refractivity contribution is 7.91. The summed E-state index contributed by atoms with van der Waals surface area (Å²) in [4.78, 5) is 5.48. The van der Waals surface area contributed by atoms with Gasteiger partial charge in [0, 0.05) is 23.0 Å². The standard InChI is InChI=1S/C19H20N2O3S2/c1-2-16-8-9-18(25-16)26(22,23)21-12-10-15(13-21)24-17-7-3-5-14-6-4-11-20-19(14)17/h3-9,11,15H,2,10,12-13H2,1H3. The fraction of sp³-hybridized carbons (Fsp3) is 0.316. The van der Waals surface area contributed by atoms with Crippen LogP contribution in [0.4, 0.5) is 0 Å². The van der Waals surface area contributed by atoms with Gasteiger partial charge in [0.25, 0.3) is 10.0 Å². The Bertz CT molecular complexity index is 1020. The van der Waals surface area contributed by atoms with E-state index in [1.807, 2.05) is 43.3 Å². The van der Waals surface area contributed by atoms with Crippen molar-refractivity contribution < 1.29 is 13.2 Å². The number of pyridine rings is 1. The van der Waals surface area contributed by atoms with E-state index >= 15 is 0 Å². The van der Waals surface area contributed by atoms with Gasteiger partial charge in [0.05, 0.1) is 6.54 Å². The minimum Gasteiger partial charge on any atom is -0.487 e.